The number of hydrogen-bond acceptors (Lipinski definition) is 2. The third-order valence-electron chi connectivity index (χ3n) is 5.85. The van der Waals surface area contributed by atoms with Gasteiger partial charge in [-0.3, -0.25) is 0 Å². The smallest absolute Gasteiger partial charge is 0.0223 e. The molecule has 0 aromatic carbocycles. The lowest BCUT2D eigenvalue weighted by Crippen LogP contribution is -2.46. The van der Waals surface area contributed by atoms with Gasteiger partial charge in [0, 0.05) is 12.6 Å². The van der Waals surface area contributed by atoms with Crippen molar-refractivity contribution in [3.63, 3.8) is 0 Å². The van der Waals surface area contributed by atoms with Crippen LogP contribution in [0.1, 0.15) is 78.1 Å². The summed E-state index contributed by atoms with van der Waals surface area (Å²) in [4.78, 5) is 2.78. The first-order valence-corrected chi connectivity index (χ1v) is 9.79. The maximum absolute atomic E-state index is 3.89. The molecular formula is C19H38N2. The van der Waals surface area contributed by atoms with E-state index in [9.17, 15) is 0 Å². The monoisotopic (exact) mass is 294 g/mol. The van der Waals surface area contributed by atoms with Gasteiger partial charge in [-0.05, 0) is 70.0 Å². The van der Waals surface area contributed by atoms with Crippen LogP contribution >= 0.6 is 0 Å². The van der Waals surface area contributed by atoms with Crippen LogP contribution in [0, 0.1) is 11.8 Å². The van der Waals surface area contributed by atoms with E-state index in [1.165, 1.54) is 90.4 Å². The van der Waals surface area contributed by atoms with Gasteiger partial charge < -0.3 is 10.2 Å². The van der Waals surface area contributed by atoms with Crippen LogP contribution < -0.4 is 5.32 Å². The molecule has 2 atom stereocenters. The lowest BCUT2D eigenvalue weighted by molar-refractivity contribution is 0.185. The Morgan fingerprint density at radius 3 is 2.48 bits per heavy atom. The minimum Gasteiger partial charge on any atom is -0.312 e. The predicted molar refractivity (Wildman–Crippen MR) is 92.7 cm³/mol. The Bertz CT molecular complexity index is 260. The van der Waals surface area contributed by atoms with Gasteiger partial charge in [0.2, 0.25) is 0 Å². The van der Waals surface area contributed by atoms with Crippen molar-refractivity contribution in [1.29, 1.82) is 0 Å². The molecule has 1 aliphatic carbocycles. The van der Waals surface area contributed by atoms with Gasteiger partial charge in [0.15, 0.2) is 0 Å². The summed E-state index contributed by atoms with van der Waals surface area (Å²) in [7, 11) is 0. The van der Waals surface area contributed by atoms with E-state index in [2.05, 4.69) is 24.1 Å². The average molecular weight is 295 g/mol. The number of likely N-dealkylation sites (tertiary alicyclic amines) is 1. The molecule has 0 bridgehead atoms. The number of rotatable bonds is 7. The van der Waals surface area contributed by atoms with Crippen molar-refractivity contribution in [3.05, 3.63) is 0 Å². The largest absolute Gasteiger partial charge is 0.312 e. The molecule has 2 nitrogen and oxygen atoms in total. The fourth-order valence-electron chi connectivity index (χ4n) is 4.34. The highest BCUT2D eigenvalue weighted by Crippen LogP contribution is 2.28. The van der Waals surface area contributed by atoms with Gasteiger partial charge >= 0.3 is 0 Å². The van der Waals surface area contributed by atoms with Crippen molar-refractivity contribution < 1.29 is 0 Å². The lowest BCUT2D eigenvalue weighted by atomic mass is 9.83. The molecule has 21 heavy (non-hydrogen) atoms. The topological polar surface area (TPSA) is 15.3 Å². The Hall–Kier alpha value is -0.0800. The van der Waals surface area contributed by atoms with Crippen molar-refractivity contribution in [2.75, 3.05) is 26.2 Å². The number of hydrogen-bond donors (Lipinski definition) is 1. The van der Waals surface area contributed by atoms with Gasteiger partial charge in [0.25, 0.3) is 0 Å². The quantitative estimate of drug-likeness (QED) is 0.746. The molecule has 124 valence electrons. The van der Waals surface area contributed by atoms with Crippen LogP contribution in [0.25, 0.3) is 0 Å². The summed E-state index contributed by atoms with van der Waals surface area (Å²) in [5.41, 5.74) is 0. The van der Waals surface area contributed by atoms with Crippen LogP contribution in [0.2, 0.25) is 0 Å². The molecule has 2 aliphatic rings. The van der Waals surface area contributed by atoms with Crippen molar-refractivity contribution in [1.82, 2.24) is 10.2 Å². The minimum absolute atomic E-state index is 0.753. The molecule has 1 saturated heterocycles. The van der Waals surface area contributed by atoms with Crippen molar-refractivity contribution in [3.8, 4) is 0 Å². The molecule has 2 unspecified atom stereocenters. The molecule has 0 amide bonds. The highest BCUT2D eigenvalue weighted by atomic mass is 15.1. The van der Waals surface area contributed by atoms with E-state index in [0.29, 0.717) is 0 Å². The van der Waals surface area contributed by atoms with Crippen LogP contribution in [-0.4, -0.2) is 37.1 Å². The molecule has 1 heterocycles. The first-order chi connectivity index (χ1) is 10.3. The maximum Gasteiger partial charge on any atom is 0.0223 e. The van der Waals surface area contributed by atoms with Gasteiger partial charge in [-0.15, -0.1) is 0 Å². The highest BCUT2D eigenvalue weighted by Gasteiger charge is 2.26. The van der Waals surface area contributed by atoms with Crippen LogP contribution in [0.4, 0.5) is 0 Å². The molecule has 1 saturated carbocycles. The SMILES string of the molecule is CCCNC(CN1CCCC(CC)CC1)C1CCCCC1. The van der Waals surface area contributed by atoms with Gasteiger partial charge in [0.1, 0.15) is 0 Å². The molecule has 1 aliphatic heterocycles. The van der Waals surface area contributed by atoms with Crippen molar-refractivity contribution >= 4 is 0 Å². The summed E-state index contributed by atoms with van der Waals surface area (Å²) < 4.78 is 0. The Morgan fingerprint density at radius 2 is 1.76 bits per heavy atom. The normalized spacial score (nSPS) is 27.4. The van der Waals surface area contributed by atoms with E-state index >= 15 is 0 Å². The van der Waals surface area contributed by atoms with Crippen molar-refractivity contribution in [2.24, 2.45) is 11.8 Å². The van der Waals surface area contributed by atoms with Crippen molar-refractivity contribution in [2.45, 2.75) is 84.1 Å². The number of nitrogens with zero attached hydrogens (tertiary/aromatic N) is 1. The van der Waals surface area contributed by atoms with E-state index in [0.717, 1.165) is 17.9 Å². The maximum atomic E-state index is 3.89. The molecule has 2 fully saturated rings. The molecule has 0 aromatic heterocycles. The summed E-state index contributed by atoms with van der Waals surface area (Å²) in [6.45, 7) is 9.85. The summed E-state index contributed by atoms with van der Waals surface area (Å²) in [5, 5.41) is 3.89. The lowest BCUT2D eigenvalue weighted by Gasteiger charge is -2.35. The number of nitrogens with one attached hydrogen (secondary N) is 1. The third kappa shape index (κ3) is 5.90. The molecule has 2 heteroatoms. The Morgan fingerprint density at radius 1 is 0.952 bits per heavy atom. The summed E-state index contributed by atoms with van der Waals surface area (Å²) in [5.74, 6) is 1.93. The average Bonchev–Trinajstić information content (AvgIpc) is 2.77. The summed E-state index contributed by atoms with van der Waals surface area (Å²) in [6, 6.07) is 0.753. The van der Waals surface area contributed by atoms with Crippen LogP contribution in [-0.2, 0) is 0 Å². The van der Waals surface area contributed by atoms with Gasteiger partial charge in [-0.2, -0.15) is 0 Å². The Balaban J connectivity index is 1.84. The van der Waals surface area contributed by atoms with Gasteiger partial charge in [-0.25, -0.2) is 0 Å². The van der Waals surface area contributed by atoms with E-state index in [4.69, 9.17) is 0 Å². The second kappa shape index (κ2) is 9.84. The molecule has 2 rings (SSSR count). The van der Waals surface area contributed by atoms with Crippen LogP contribution in [0.3, 0.4) is 0 Å². The predicted octanol–water partition coefficient (Wildman–Crippen LogP) is 4.45. The second-order valence-corrected chi connectivity index (χ2v) is 7.46. The summed E-state index contributed by atoms with van der Waals surface area (Å²) >= 11 is 0. The Labute approximate surface area is 133 Å². The molecule has 0 spiro atoms. The van der Waals surface area contributed by atoms with Crippen LogP contribution in [0.15, 0.2) is 0 Å². The standard InChI is InChI=1S/C19H38N2/c1-3-13-20-19(18-10-6-5-7-11-18)16-21-14-8-9-17(4-2)12-15-21/h17-20H,3-16H2,1-2H3. The van der Waals surface area contributed by atoms with E-state index < -0.39 is 0 Å². The minimum atomic E-state index is 0.753. The van der Waals surface area contributed by atoms with Gasteiger partial charge in [-0.1, -0.05) is 39.5 Å². The van der Waals surface area contributed by atoms with Crippen LogP contribution in [0.5, 0.6) is 0 Å². The molecular weight excluding hydrogens is 256 g/mol. The zero-order valence-electron chi connectivity index (χ0n) is 14.6. The van der Waals surface area contributed by atoms with E-state index in [1.807, 2.05) is 0 Å². The zero-order chi connectivity index (χ0) is 14.9. The fraction of sp³-hybridized carbons (Fsp3) is 1.00. The fourth-order valence-corrected chi connectivity index (χ4v) is 4.34. The highest BCUT2D eigenvalue weighted by molar-refractivity contribution is 4.83. The zero-order valence-corrected chi connectivity index (χ0v) is 14.6. The van der Waals surface area contributed by atoms with E-state index in [-0.39, 0.29) is 0 Å². The third-order valence-corrected chi connectivity index (χ3v) is 5.85. The first-order valence-electron chi connectivity index (χ1n) is 9.79. The summed E-state index contributed by atoms with van der Waals surface area (Å²) in [6.07, 6.45) is 14.3. The van der Waals surface area contributed by atoms with E-state index in [1.54, 1.807) is 0 Å². The Kier molecular flexibility index (Phi) is 8.10. The first kappa shape index (κ1) is 17.3. The molecule has 0 aromatic rings. The molecule has 0 radical (unpaired) electrons. The molecule has 1 N–H and O–H groups in total. The van der Waals surface area contributed by atoms with Gasteiger partial charge in [0.05, 0.1) is 0 Å². The second-order valence-electron chi connectivity index (χ2n) is 7.46.